The van der Waals surface area contributed by atoms with Crippen molar-refractivity contribution in [3.8, 4) is 0 Å². The van der Waals surface area contributed by atoms with Gasteiger partial charge in [-0.15, -0.1) is 11.3 Å². The summed E-state index contributed by atoms with van der Waals surface area (Å²) in [5.41, 5.74) is 0.775. The monoisotopic (exact) mass is 339 g/mol. The lowest BCUT2D eigenvalue weighted by atomic mass is 9.79. The first-order valence-corrected chi connectivity index (χ1v) is 8.55. The van der Waals surface area contributed by atoms with Crippen molar-refractivity contribution in [3.63, 3.8) is 0 Å². The molecule has 2 nitrogen and oxygen atoms in total. The molecule has 4 rings (SSSR count). The molecule has 2 aliphatic rings. The van der Waals surface area contributed by atoms with Crippen LogP contribution in [0.1, 0.15) is 41.0 Å². The van der Waals surface area contributed by atoms with E-state index in [2.05, 4.69) is 11.4 Å². The van der Waals surface area contributed by atoms with Crippen LogP contribution in [-0.4, -0.2) is 6.61 Å². The van der Waals surface area contributed by atoms with E-state index in [4.69, 9.17) is 4.74 Å². The largest absolute Gasteiger partial charge is 0.416 e. The molecular formula is C17H16F3NOS. The number of anilines is 1. The average Bonchev–Trinajstić information content (AvgIpc) is 3.07. The smallest absolute Gasteiger partial charge is 0.377 e. The Kier molecular flexibility index (Phi) is 3.61. The van der Waals surface area contributed by atoms with Crippen molar-refractivity contribution < 1.29 is 17.9 Å². The molecule has 0 saturated carbocycles. The second-order valence-corrected chi connectivity index (χ2v) is 7.01. The Labute approximate surface area is 136 Å². The number of rotatable bonds is 1. The Morgan fingerprint density at radius 1 is 1.22 bits per heavy atom. The second kappa shape index (κ2) is 5.53. The number of benzene rings is 1. The number of hydrogen-bond acceptors (Lipinski definition) is 3. The summed E-state index contributed by atoms with van der Waals surface area (Å²) >= 11 is 1.67. The van der Waals surface area contributed by atoms with Gasteiger partial charge in [0.1, 0.15) is 0 Å². The summed E-state index contributed by atoms with van der Waals surface area (Å²) in [6.45, 7) is 0.605. The molecule has 6 heteroatoms. The predicted octanol–water partition coefficient (Wildman–Crippen LogP) is 5.40. The van der Waals surface area contributed by atoms with Crippen LogP contribution in [0, 0.1) is 5.92 Å². The van der Waals surface area contributed by atoms with Crippen molar-refractivity contribution in [2.45, 2.75) is 31.2 Å². The van der Waals surface area contributed by atoms with Crippen LogP contribution in [-0.2, 0) is 10.9 Å². The molecule has 3 atom stereocenters. The normalized spacial score (nSPS) is 27.0. The van der Waals surface area contributed by atoms with Crippen LogP contribution in [0.15, 0.2) is 35.7 Å². The molecule has 2 aromatic rings. The van der Waals surface area contributed by atoms with Crippen molar-refractivity contribution in [1.29, 1.82) is 0 Å². The van der Waals surface area contributed by atoms with E-state index in [0.29, 0.717) is 12.2 Å². The lowest BCUT2D eigenvalue weighted by Gasteiger charge is -2.43. The highest BCUT2D eigenvalue weighted by Crippen LogP contribution is 2.50. The average molecular weight is 339 g/mol. The van der Waals surface area contributed by atoms with E-state index >= 15 is 0 Å². The standard InChI is InChI=1S/C17H16F3NOS/c18-17(19,20)10-5-6-13-12(9-10)16-11(3-1-7-22-16)15(21-13)14-4-2-8-23-14/h2,4-6,8-9,11,15-16,21H,1,3,7H2/t11-,15+,16-/m1/s1. The maximum atomic E-state index is 13.0. The molecule has 1 aromatic heterocycles. The maximum absolute atomic E-state index is 13.0. The fourth-order valence-electron chi connectivity index (χ4n) is 3.60. The number of halogens is 3. The SMILES string of the molecule is FC(F)(F)c1ccc2c(c1)[C@@H]1OCCC[C@@H]1[C@@H](c1cccs1)N2. The van der Waals surface area contributed by atoms with Crippen LogP contribution in [0.4, 0.5) is 18.9 Å². The van der Waals surface area contributed by atoms with E-state index in [1.54, 1.807) is 11.3 Å². The Morgan fingerprint density at radius 2 is 2.09 bits per heavy atom. The van der Waals surface area contributed by atoms with Gasteiger partial charge in [-0.3, -0.25) is 0 Å². The van der Waals surface area contributed by atoms with Crippen molar-refractivity contribution in [1.82, 2.24) is 0 Å². The number of alkyl halides is 3. The van der Waals surface area contributed by atoms with Crippen molar-refractivity contribution in [2.24, 2.45) is 5.92 Å². The molecule has 1 saturated heterocycles. The molecule has 2 aliphatic heterocycles. The van der Waals surface area contributed by atoms with Crippen molar-refractivity contribution >= 4 is 17.0 Å². The third kappa shape index (κ3) is 2.64. The van der Waals surface area contributed by atoms with Gasteiger partial charge < -0.3 is 10.1 Å². The van der Waals surface area contributed by atoms with Gasteiger partial charge in [0.2, 0.25) is 0 Å². The molecular weight excluding hydrogens is 323 g/mol. The highest BCUT2D eigenvalue weighted by molar-refractivity contribution is 7.10. The molecule has 0 radical (unpaired) electrons. The lowest BCUT2D eigenvalue weighted by molar-refractivity contribution is -0.137. The summed E-state index contributed by atoms with van der Waals surface area (Å²) in [6, 6.07) is 8.10. The highest BCUT2D eigenvalue weighted by atomic mass is 32.1. The predicted molar refractivity (Wildman–Crippen MR) is 83.5 cm³/mol. The summed E-state index contributed by atoms with van der Waals surface area (Å²) in [5.74, 6) is 0.165. The van der Waals surface area contributed by atoms with Crippen LogP contribution in [0.2, 0.25) is 0 Å². The zero-order valence-corrected chi connectivity index (χ0v) is 13.1. The third-order valence-electron chi connectivity index (χ3n) is 4.64. The number of ether oxygens (including phenoxy) is 1. The minimum atomic E-state index is -4.33. The molecule has 1 fully saturated rings. The molecule has 1 aromatic carbocycles. The molecule has 0 bridgehead atoms. The summed E-state index contributed by atoms with van der Waals surface area (Å²) in [6.07, 6.45) is -2.70. The van der Waals surface area contributed by atoms with Crippen LogP contribution in [0.5, 0.6) is 0 Å². The Hall–Kier alpha value is -1.53. The zero-order valence-electron chi connectivity index (χ0n) is 12.3. The van der Waals surface area contributed by atoms with Crippen molar-refractivity contribution in [3.05, 3.63) is 51.7 Å². The van der Waals surface area contributed by atoms with Crippen molar-refractivity contribution in [2.75, 3.05) is 11.9 Å². The Morgan fingerprint density at radius 3 is 2.83 bits per heavy atom. The Bertz CT molecular complexity index is 698. The van der Waals surface area contributed by atoms with Crippen LogP contribution >= 0.6 is 11.3 Å². The fourth-order valence-corrected chi connectivity index (χ4v) is 4.45. The molecule has 0 unspecified atom stereocenters. The summed E-state index contributed by atoms with van der Waals surface area (Å²) in [4.78, 5) is 1.20. The van der Waals surface area contributed by atoms with Crippen LogP contribution in [0.3, 0.4) is 0 Å². The molecule has 1 N–H and O–H groups in total. The van der Waals surface area contributed by atoms with Gasteiger partial charge in [-0.1, -0.05) is 6.07 Å². The van der Waals surface area contributed by atoms with Gasteiger partial charge in [-0.25, -0.2) is 0 Å². The molecule has 0 spiro atoms. The van der Waals surface area contributed by atoms with Gasteiger partial charge >= 0.3 is 6.18 Å². The van der Waals surface area contributed by atoms with Crippen LogP contribution < -0.4 is 5.32 Å². The number of thiophene rings is 1. The first kappa shape index (κ1) is 15.0. The van der Waals surface area contributed by atoms with E-state index in [-0.39, 0.29) is 18.1 Å². The Balaban J connectivity index is 1.78. The fraction of sp³-hybridized carbons (Fsp3) is 0.412. The molecule has 0 amide bonds. The van der Waals surface area contributed by atoms with Gasteiger partial charge in [0.25, 0.3) is 0 Å². The maximum Gasteiger partial charge on any atom is 0.416 e. The molecule has 0 aliphatic carbocycles. The number of fused-ring (bicyclic) bond motifs is 3. The molecule has 23 heavy (non-hydrogen) atoms. The first-order chi connectivity index (χ1) is 11.0. The first-order valence-electron chi connectivity index (χ1n) is 7.67. The van der Waals surface area contributed by atoms with Crippen LogP contribution in [0.25, 0.3) is 0 Å². The summed E-state index contributed by atoms with van der Waals surface area (Å²) in [5, 5.41) is 5.47. The number of hydrogen-bond donors (Lipinski definition) is 1. The minimum Gasteiger partial charge on any atom is -0.377 e. The summed E-state index contributed by atoms with van der Waals surface area (Å²) < 4.78 is 45.0. The molecule has 3 heterocycles. The van der Waals surface area contributed by atoms with Gasteiger partial charge in [-0.05, 0) is 42.5 Å². The topological polar surface area (TPSA) is 21.3 Å². The molecule has 122 valence electrons. The second-order valence-electron chi connectivity index (χ2n) is 6.03. The van der Waals surface area contributed by atoms with E-state index in [0.717, 1.165) is 24.6 Å². The number of nitrogens with one attached hydrogen (secondary N) is 1. The van der Waals surface area contributed by atoms with Gasteiger partial charge in [0, 0.05) is 28.7 Å². The van der Waals surface area contributed by atoms with Gasteiger partial charge in [-0.2, -0.15) is 13.2 Å². The zero-order chi connectivity index (χ0) is 16.0. The van der Waals surface area contributed by atoms with E-state index in [9.17, 15) is 13.2 Å². The van der Waals surface area contributed by atoms with E-state index < -0.39 is 11.7 Å². The third-order valence-corrected chi connectivity index (χ3v) is 5.60. The highest BCUT2D eigenvalue weighted by Gasteiger charge is 2.41. The van der Waals surface area contributed by atoms with Gasteiger partial charge in [0.15, 0.2) is 0 Å². The quantitative estimate of drug-likeness (QED) is 0.751. The van der Waals surface area contributed by atoms with Gasteiger partial charge in [0.05, 0.1) is 17.7 Å². The van der Waals surface area contributed by atoms with E-state index in [1.165, 1.54) is 17.0 Å². The van der Waals surface area contributed by atoms with E-state index in [1.807, 2.05) is 11.4 Å². The summed E-state index contributed by atoms with van der Waals surface area (Å²) in [7, 11) is 0. The lowest BCUT2D eigenvalue weighted by Crippen LogP contribution is -2.35. The minimum absolute atomic E-state index is 0.101.